The topological polar surface area (TPSA) is 98.3 Å². The molecule has 1 aromatic rings. The number of rotatable bonds is 6. The molecule has 0 aliphatic rings. The predicted octanol–water partition coefficient (Wildman–Crippen LogP) is 1.32. The van der Waals surface area contributed by atoms with Crippen LogP contribution >= 0.6 is 0 Å². The second-order valence-corrected chi connectivity index (χ2v) is 3.96. The van der Waals surface area contributed by atoms with Gasteiger partial charge in [0.2, 0.25) is 5.91 Å². The summed E-state index contributed by atoms with van der Waals surface area (Å²) < 4.78 is 25.5. The molecule has 0 aromatic heterocycles. The lowest BCUT2D eigenvalue weighted by Gasteiger charge is -2.13. The maximum absolute atomic E-state index is 12.8. The Balaban J connectivity index is 2.55. The third kappa shape index (κ3) is 5.11. The second kappa shape index (κ2) is 6.71. The zero-order valence-corrected chi connectivity index (χ0v) is 10.4. The van der Waals surface area contributed by atoms with E-state index in [-0.39, 0.29) is 5.69 Å². The number of nitro groups is 1. The van der Waals surface area contributed by atoms with E-state index >= 15 is 0 Å². The van der Waals surface area contributed by atoms with Gasteiger partial charge in [-0.25, -0.2) is 8.78 Å². The van der Waals surface area contributed by atoms with E-state index in [0.717, 1.165) is 6.08 Å². The molecule has 0 saturated heterocycles. The second-order valence-electron chi connectivity index (χ2n) is 3.96. The molecule has 0 aliphatic carbocycles. The Kier molecular flexibility index (Phi) is 5.27. The third-order valence-corrected chi connectivity index (χ3v) is 2.35. The highest BCUT2D eigenvalue weighted by molar-refractivity contribution is 5.91. The molecule has 0 saturated carbocycles. The van der Waals surface area contributed by atoms with Crippen molar-refractivity contribution >= 4 is 17.7 Å². The average molecular weight is 285 g/mol. The molecule has 8 heteroatoms. The summed E-state index contributed by atoms with van der Waals surface area (Å²) in [5.74, 6) is -3.84. The highest BCUT2D eigenvalue weighted by Crippen LogP contribution is 2.13. The summed E-state index contributed by atoms with van der Waals surface area (Å²) in [5.41, 5.74) is 5.29. The van der Waals surface area contributed by atoms with Crippen LogP contribution < -0.4 is 11.1 Å². The largest absolute Gasteiger partial charge is 0.346 e. The molecule has 1 rings (SSSR count). The summed E-state index contributed by atoms with van der Waals surface area (Å²) in [6, 6.07) is 5.44. The molecule has 1 aromatic carbocycles. The van der Waals surface area contributed by atoms with Crippen LogP contribution in [0.5, 0.6) is 0 Å². The van der Waals surface area contributed by atoms with Gasteiger partial charge in [0.1, 0.15) is 0 Å². The highest BCUT2D eigenvalue weighted by atomic mass is 19.3. The van der Waals surface area contributed by atoms with Gasteiger partial charge in [-0.3, -0.25) is 14.9 Å². The van der Waals surface area contributed by atoms with Gasteiger partial charge in [-0.2, -0.15) is 0 Å². The Bertz CT molecular complexity index is 515. The summed E-state index contributed by atoms with van der Waals surface area (Å²) in [7, 11) is 0. The third-order valence-electron chi connectivity index (χ3n) is 2.35. The van der Waals surface area contributed by atoms with Crippen molar-refractivity contribution in [3.05, 3.63) is 46.0 Å². The standard InChI is InChI=1S/C12H13F2N3O3/c13-12(14,7-15)8-16-11(18)6-3-9-1-4-10(5-2-9)17(19)20/h1-6H,7-8,15H2,(H,16,18)/b6-3+. The van der Waals surface area contributed by atoms with Crippen molar-refractivity contribution in [2.24, 2.45) is 5.73 Å². The van der Waals surface area contributed by atoms with Crippen LogP contribution in [0.15, 0.2) is 30.3 Å². The number of non-ortho nitro benzene ring substituents is 1. The molecule has 0 bridgehead atoms. The number of carbonyl (C=O) groups excluding carboxylic acids is 1. The number of hydrogen-bond donors (Lipinski definition) is 2. The molecular weight excluding hydrogens is 272 g/mol. The van der Waals surface area contributed by atoms with Gasteiger partial charge in [-0.05, 0) is 23.8 Å². The minimum atomic E-state index is -3.14. The van der Waals surface area contributed by atoms with Crippen LogP contribution in [0.3, 0.4) is 0 Å². The first-order valence-electron chi connectivity index (χ1n) is 5.62. The molecule has 20 heavy (non-hydrogen) atoms. The van der Waals surface area contributed by atoms with E-state index in [4.69, 9.17) is 5.73 Å². The fourth-order valence-electron chi connectivity index (χ4n) is 1.23. The summed E-state index contributed by atoms with van der Waals surface area (Å²) in [6.45, 7) is -1.69. The summed E-state index contributed by atoms with van der Waals surface area (Å²) >= 11 is 0. The Morgan fingerprint density at radius 2 is 2.00 bits per heavy atom. The maximum Gasteiger partial charge on any atom is 0.277 e. The Labute approximate surface area is 113 Å². The van der Waals surface area contributed by atoms with Crippen LogP contribution in [0.4, 0.5) is 14.5 Å². The molecule has 3 N–H and O–H groups in total. The van der Waals surface area contributed by atoms with Gasteiger partial charge in [-0.15, -0.1) is 0 Å². The fourth-order valence-corrected chi connectivity index (χ4v) is 1.23. The van der Waals surface area contributed by atoms with Crippen LogP contribution in [0.1, 0.15) is 5.56 Å². The van der Waals surface area contributed by atoms with Crippen LogP contribution in [-0.4, -0.2) is 29.8 Å². The van der Waals surface area contributed by atoms with Gasteiger partial charge in [0.05, 0.1) is 18.0 Å². The lowest BCUT2D eigenvalue weighted by Crippen LogP contribution is -2.41. The van der Waals surface area contributed by atoms with E-state index in [1.165, 1.54) is 30.3 Å². The first kappa shape index (κ1) is 15.7. The van der Waals surface area contributed by atoms with E-state index in [0.29, 0.717) is 5.56 Å². The van der Waals surface area contributed by atoms with Crippen LogP contribution in [0.25, 0.3) is 6.08 Å². The number of carbonyl (C=O) groups is 1. The van der Waals surface area contributed by atoms with Crippen LogP contribution in [0.2, 0.25) is 0 Å². The van der Waals surface area contributed by atoms with Crippen molar-refractivity contribution in [2.75, 3.05) is 13.1 Å². The normalized spacial score (nSPS) is 11.6. The van der Waals surface area contributed by atoms with Crippen molar-refractivity contribution in [1.82, 2.24) is 5.32 Å². The average Bonchev–Trinajstić information content (AvgIpc) is 2.43. The summed E-state index contributed by atoms with van der Waals surface area (Å²) in [5, 5.41) is 12.4. The van der Waals surface area contributed by atoms with E-state index in [2.05, 4.69) is 0 Å². The predicted molar refractivity (Wildman–Crippen MR) is 69.1 cm³/mol. The lowest BCUT2D eigenvalue weighted by atomic mass is 10.2. The van der Waals surface area contributed by atoms with E-state index in [1.807, 2.05) is 5.32 Å². The molecule has 0 radical (unpaired) electrons. The zero-order valence-electron chi connectivity index (χ0n) is 10.4. The van der Waals surface area contributed by atoms with Gasteiger partial charge >= 0.3 is 0 Å². The van der Waals surface area contributed by atoms with Crippen LogP contribution in [-0.2, 0) is 4.79 Å². The van der Waals surface area contributed by atoms with Crippen molar-refractivity contribution in [1.29, 1.82) is 0 Å². The van der Waals surface area contributed by atoms with Gasteiger partial charge in [0.25, 0.3) is 11.6 Å². The Morgan fingerprint density at radius 1 is 1.40 bits per heavy atom. The number of alkyl halides is 2. The molecule has 0 unspecified atom stereocenters. The smallest absolute Gasteiger partial charge is 0.277 e. The monoisotopic (exact) mass is 285 g/mol. The number of hydrogen-bond acceptors (Lipinski definition) is 4. The number of nitrogens with one attached hydrogen (secondary N) is 1. The number of nitrogens with two attached hydrogens (primary N) is 1. The number of benzene rings is 1. The molecule has 1 amide bonds. The Hall–Kier alpha value is -2.35. The molecule has 0 atom stereocenters. The highest BCUT2D eigenvalue weighted by Gasteiger charge is 2.26. The SMILES string of the molecule is NCC(F)(F)CNC(=O)/C=C/c1ccc([N+](=O)[O-])cc1. The van der Waals surface area contributed by atoms with Crippen molar-refractivity contribution in [2.45, 2.75) is 5.92 Å². The van der Waals surface area contributed by atoms with E-state index in [1.54, 1.807) is 0 Å². The first-order chi connectivity index (χ1) is 9.34. The molecule has 0 spiro atoms. The van der Waals surface area contributed by atoms with E-state index in [9.17, 15) is 23.7 Å². The number of nitro benzene ring substituents is 1. The molecule has 6 nitrogen and oxygen atoms in total. The number of halogens is 2. The molecule has 0 fully saturated rings. The zero-order chi connectivity index (χ0) is 15.2. The Morgan fingerprint density at radius 3 is 2.50 bits per heavy atom. The molecule has 0 aliphatic heterocycles. The number of amides is 1. The van der Waals surface area contributed by atoms with Gasteiger partial charge < -0.3 is 11.1 Å². The fraction of sp³-hybridized carbons (Fsp3) is 0.250. The van der Waals surface area contributed by atoms with Crippen molar-refractivity contribution in [3.8, 4) is 0 Å². The van der Waals surface area contributed by atoms with Crippen molar-refractivity contribution < 1.29 is 18.5 Å². The quantitative estimate of drug-likeness (QED) is 0.468. The van der Waals surface area contributed by atoms with Gasteiger partial charge in [-0.1, -0.05) is 0 Å². The van der Waals surface area contributed by atoms with Gasteiger partial charge in [0, 0.05) is 18.2 Å². The minimum Gasteiger partial charge on any atom is -0.346 e. The lowest BCUT2D eigenvalue weighted by molar-refractivity contribution is -0.384. The first-order valence-corrected chi connectivity index (χ1v) is 5.62. The minimum absolute atomic E-state index is 0.0748. The maximum atomic E-state index is 12.8. The van der Waals surface area contributed by atoms with Crippen LogP contribution in [0, 0.1) is 10.1 Å². The summed E-state index contributed by atoms with van der Waals surface area (Å²) in [4.78, 5) is 21.2. The number of nitrogens with zero attached hydrogens (tertiary/aromatic N) is 1. The van der Waals surface area contributed by atoms with Gasteiger partial charge in [0.15, 0.2) is 0 Å². The molecular formula is C12H13F2N3O3. The van der Waals surface area contributed by atoms with E-state index < -0.39 is 29.8 Å². The molecule has 0 heterocycles. The molecule has 108 valence electrons. The van der Waals surface area contributed by atoms with Crippen molar-refractivity contribution in [3.63, 3.8) is 0 Å². The summed E-state index contributed by atoms with van der Waals surface area (Å²) in [6.07, 6.45) is 2.42.